The molecule has 90 valence electrons. The smallest absolute Gasteiger partial charge is 0.0796 e. The molecular weight excluding hydrogens is 278 g/mol. The maximum absolute atomic E-state index is 3.96. The lowest BCUT2D eigenvalue weighted by molar-refractivity contribution is 0.714. The number of nitrogens with zero attached hydrogens (tertiary/aromatic N) is 1. The van der Waals surface area contributed by atoms with Crippen molar-refractivity contribution in [2.75, 3.05) is 0 Å². The van der Waals surface area contributed by atoms with E-state index in [-0.39, 0.29) is 0 Å². The van der Waals surface area contributed by atoms with E-state index in [0.29, 0.717) is 6.04 Å². The van der Waals surface area contributed by atoms with Crippen molar-refractivity contribution in [3.05, 3.63) is 35.5 Å². The second-order valence-corrected chi connectivity index (χ2v) is 7.26. The van der Waals surface area contributed by atoms with Crippen LogP contribution >= 0.6 is 34.0 Å². The van der Waals surface area contributed by atoms with Crippen molar-refractivity contribution in [2.45, 2.75) is 13.0 Å². The molecule has 0 fully saturated rings. The number of hydrogen-bond acceptors (Lipinski definition) is 3. The van der Waals surface area contributed by atoms with Gasteiger partial charge in [0.05, 0.1) is 25.1 Å². The summed E-state index contributed by atoms with van der Waals surface area (Å²) < 4.78 is 8.13. The Bertz CT molecular complexity index is 870. The van der Waals surface area contributed by atoms with Crippen LogP contribution in [-0.4, -0.2) is 4.57 Å². The highest BCUT2D eigenvalue weighted by Crippen LogP contribution is 2.45. The van der Waals surface area contributed by atoms with Gasteiger partial charge in [-0.1, -0.05) is 6.08 Å². The van der Waals surface area contributed by atoms with Crippen LogP contribution in [0.25, 0.3) is 29.8 Å². The standard InChI is InChI=1S/C14H11NS3/c1-3-8(2)15-9-4-6-16-12(9)14-11(15)13-10(18-14)5-7-17-13/h3-8H,1H2,2H3. The van der Waals surface area contributed by atoms with E-state index in [2.05, 4.69) is 41.0 Å². The van der Waals surface area contributed by atoms with Crippen molar-refractivity contribution < 1.29 is 0 Å². The molecule has 0 spiro atoms. The minimum absolute atomic E-state index is 0.333. The van der Waals surface area contributed by atoms with Crippen LogP contribution in [0, 0.1) is 0 Å². The Kier molecular flexibility index (Phi) is 2.22. The van der Waals surface area contributed by atoms with E-state index < -0.39 is 0 Å². The van der Waals surface area contributed by atoms with E-state index in [0.717, 1.165) is 0 Å². The van der Waals surface area contributed by atoms with Gasteiger partial charge in [-0.25, -0.2) is 0 Å². The Hall–Kier alpha value is -1.10. The molecule has 1 unspecified atom stereocenters. The van der Waals surface area contributed by atoms with Crippen LogP contribution in [-0.2, 0) is 0 Å². The quantitative estimate of drug-likeness (QED) is 0.406. The highest BCUT2D eigenvalue weighted by molar-refractivity contribution is 7.34. The summed E-state index contributed by atoms with van der Waals surface area (Å²) in [7, 11) is 0. The Morgan fingerprint density at radius 3 is 2.78 bits per heavy atom. The second-order valence-electron chi connectivity index (χ2n) is 4.38. The number of fused-ring (bicyclic) bond motifs is 5. The second kappa shape index (κ2) is 3.70. The van der Waals surface area contributed by atoms with Crippen molar-refractivity contribution in [3.8, 4) is 0 Å². The number of hydrogen-bond donors (Lipinski definition) is 0. The van der Waals surface area contributed by atoms with E-state index in [1.54, 1.807) is 0 Å². The SMILES string of the molecule is C=CC(C)n1c2ccsc2c2sc3ccsc3c21. The minimum atomic E-state index is 0.333. The highest BCUT2D eigenvalue weighted by Gasteiger charge is 2.19. The molecule has 0 aromatic carbocycles. The molecule has 0 bridgehead atoms. The molecule has 0 aliphatic carbocycles. The predicted octanol–water partition coefficient (Wildman–Crippen LogP) is 5.88. The Labute approximate surface area is 117 Å². The fourth-order valence-electron chi connectivity index (χ4n) is 2.50. The largest absolute Gasteiger partial charge is 0.331 e. The van der Waals surface area contributed by atoms with Gasteiger partial charge in [0, 0.05) is 10.7 Å². The summed E-state index contributed by atoms with van der Waals surface area (Å²) in [6, 6.07) is 4.79. The van der Waals surface area contributed by atoms with Crippen LogP contribution in [0.15, 0.2) is 35.5 Å². The molecule has 4 rings (SSSR count). The zero-order valence-electron chi connectivity index (χ0n) is 9.84. The van der Waals surface area contributed by atoms with Gasteiger partial charge in [0.15, 0.2) is 0 Å². The van der Waals surface area contributed by atoms with E-state index in [4.69, 9.17) is 0 Å². The van der Waals surface area contributed by atoms with Crippen molar-refractivity contribution in [1.29, 1.82) is 0 Å². The van der Waals surface area contributed by atoms with Gasteiger partial charge in [0.25, 0.3) is 0 Å². The summed E-state index contributed by atoms with van der Waals surface area (Å²) in [5.41, 5.74) is 2.75. The lowest BCUT2D eigenvalue weighted by atomic mass is 10.3. The Balaban J connectivity index is 2.31. The number of aromatic nitrogens is 1. The zero-order valence-corrected chi connectivity index (χ0v) is 12.3. The van der Waals surface area contributed by atoms with E-state index >= 15 is 0 Å². The van der Waals surface area contributed by atoms with E-state index in [1.165, 1.54) is 29.8 Å². The van der Waals surface area contributed by atoms with E-state index in [1.807, 2.05) is 40.1 Å². The normalized spacial score (nSPS) is 13.8. The maximum atomic E-state index is 3.96. The molecule has 0 saturated heterocycles. The fraction of sp³-hybridized carbons (Fsp3) is 0.143. The molecule has 4 aromatic rings. The van der Waals surface area contributed by atoms with Gasteiger partial charge in [0.2, 0.25) is 0 Å². The summed E-state index contributed by atoms with van der Waals surface area (Å²) in [6.45, 7) is 6.17. The first-order valence-electron chi connectivity index (χ1n) is 5.81. The lowest BCUT2D eigenvalue weighted by Crippen LogP contribution is -2.00. The van der Waals surface area contributed by atoms with Gasteiger partial charge in [-0.15, -0.1) is 40.6 Å². The van der Waals surface area contributed by atoms with Crippen LogP contribution in [0.2, 0.25) is 0 Å². The third-order valence-corrected chi connectivity index (χ3v) is 6.63. The fourth-order valence-corrected chi connectivity index (χ4v) is 5.89. The molecular formula is C14H11NS3. The van der Waals surface area contributed by atoms with Crippen LogP contribution in [0.3, 0.4) is 0 Å². The first kappa shape index (κ1) is 10.8. The molecule has 0 aliphatic rings. The van der Waals surface area contributed by atoms with Crippen molar-refractivity contribution >= 4 is 63.8 Å². The van der Waals surface area contributed by atoms with Crippen molar-refractivity contribution in [2.24, 2.45) is 0 Å². The molecule has 4 aromatic heterocycles. The molecule has 1 atom stereocenters. The minimum Gasteiger partial charge on any atom is -0.331 e. The molecule has 0 N–H and O–H groups in total. The summed E-state index contributed by atoms with van der Waals surface area (Å²) >= 11 is 5.61. The molecule has 0 radical (unpaired) electrons. The summed E-state index contributed by atoms with van der Waals surface area (Å²) in [4.78, 5) is 0. The van der Waals surface area contributed by atoms with Crippen LogP contribution < -0.4 is 0 Å². The molecule has 0 aliphatic heterocycles. The van der Waals surface area contributed by atoms with Crippen molar-refractivity contribution in [3.63, 3.8) is 0 Å². The summed E-state index contributed by atoms with van der Waals surface area (Å²) in [6.07, 6.45) is 2.02. The van der Waals surface area contributed by atoms with Crippen LogP contribution in [0.1, 0.15) is 13.0 Å². The van der Waals surface area contributed by atoms with Crippen LogP contribution in [0.4, 0.5) is 0 Å². The average molecular weight is 289 g/mol. The Morgan fingerprint density at radius 2 is 1.94 bits per heavy atom. The monoisotopic (exact) mass is 289 g/mol. The summed E-state index contributed by atoms with van der Waals surface area (Å²) in [5, 5.41) is 4.37. The third kappa shape index (κ3) is 1.20. The first-order chi connectivity index (χ1) is 8.81. The van der Waals surface area contributed by atoms with Crippen molar-refractivity contribution in [1.82, 2.24) is 4.57 Å². The third-order valence-electron chi connectivity index (χ3n) is 3.37. The predicted molar refractivity (Wildman–Crippen MR) is 85.5 cm³/mol. The van der Waals surface area contributed by atoms with Gasteiger partial charge >= 0.3 is 0 Å². The zero-order chi connectivity index (χ0) is 12.3. The van der Waals surface area contributed by atoms with E-state index in [9.17, 15) is 0 Å². The average Bonchev–Trinajstić information content (AvgIpc) is 3.04. The molecule has 1 nitrogen and oxygen atoms in total. The van der Waals surface area contributed by atoms with Gasteiger partial charge in [-0.05, 0) is 29.8 Å². The highest BCUT2D eigenvalue weighted by atomic mass is 32.1. The number of allylic oxidation sites excluding steroid dienone is 1. The van der Waals surface area contributed by atoms with Gasteiger partial charge in [-0.3, -0.25) is 0 Å². The van der Waals surface area contributed by atoms with Gasteiger partial charge < -0.3 is 4.57 Å². The van der Waals surface area contributed by atoms with Crippen LogP contribution in [0.5, 0.6) is 0 Å². The number of thiophene rings is 3. The number of rotatable bonds is 2. The topological polar surface area (TPSA) is 4.93 Å². The first-order valence-corrected chi connectivity index (χ1v) is 8.38. The molecule has 0 amide bonds. The lowest BCUT2D eigenvalue weighted by Gasteiger charge is -2.10. The van der Waals surface area contributed by atoms with Gasteiger partial charge in [-0.2, -0.15) is 0 Å². The summed E-state index contributed by atoms with van der Waals surface area (Å²) in [5.74, 6) is 0. The molecule has 0 saturated carbocycles. The maximum Gasteiger partial charge on any atom is 0.0796 e. The molecule has 4 heteroatoms. The molecule has 18 heavy (non-hydrogen) atoms. The van der Waals surface area contributed by atoms with Gasteiger partial charge in [0.1, 0.15) is 0 Å². The molecule has 4 heterocycles. The Morgan fingerprint density at radius 1 is 1.17 bits per heavy atom.